The van der Waals surface area contributed by atoms with Gasteiger partial charge in [-0.15, -0.1) is 0 Å². The van der Waals surface area contributed by atoms with E-state index in [4.69, 9.17) is 23.7 Å². The maximum Gasteiger partial charge on any atom is 0.186 e. The molecule has 1 aliphatic heterocycles. The van der Waals surface area contributed by atoms with Crippen molar-refractivity contribution >= 4 is 0 Å². The summed E-state index contributed by atoms with van der Waals surface area (Å²) in [5.74, 6) is 0. The maximum atomic E-state index is 9.59. The van der Waals surface area contributed by atoms with Gasteiger partial charge in [0.1, 0.15) is 24.4 Å². The monoisotopic (exact) mass is 306 g/mol. The zero-order valence-electron chi connectivity index (χ0n) is 13.6. The van der Waals surface area contributed by atoms with E-state index < -0.39 is 18.5 Å². The topological polar surface area (TPSA) is 66.4 Å². The molecule has 0 aliphatic carbocycles. The van der Waals surface area contributed by atoms with Gasteiger partial charge in [-0.1, -0.05) is 13.8 Å². The second kappa shape index (κ2) is 10.5. The molecule has 1 aliphatic rings. The van der Waals surface area contributed by atoms with Gasteiger partial charge in [-0.2, -0.15) is 0 Å². The predicted octanol–water partition coefficient (Wildman–Crippen LogP) is 1.35. The molecular formula is C15H30O6. The first-order valence-electron chi connectivity index (χ1n) is 7.87. The maximum absolute atomic E-state index is 9.59. The highest BCUT2D eigenvalue weighted by Gasteiger charge is 2.49. The van der Waals surface area contributed by atoms with Gasteiger partial charge < -0.3 is 28.8 Å². The van der Waals surface area contributed by atoms with Crippen molar-refractivity contribution in [2.45, 2.75) is 64.3 Å². The summed E-state index contributed by atoms with van der Waals surface area (Å²) < 4.78 is 28.6. The van der Waals surface area contributed by atoms with Crippen LogP contribution in [0.5, 0.6) is 0 Å². The summed E-state index contributed by atoms with van der Waals surface area (Å²) in [6.45, 7) is 7.56. The van der Waals surface area contributed by atoms with Gasteiger partial charge in [0.05, 0.1) is 6.61 Å². The highest BCUT2D eigenvalue weighted by atomic mass is 16.7. The van der Waals surface area contributed by atoms with E-state index in [0.29, 0.717) is 19.8 Å². The Labute approximate surface area is 127 Å². The van der Waals surface area contributed by atoms with E-state index in [2.05, 4.69) is 0 Å². The van der Waals surface area contributed by atoms with Gasteiger partial charge in [0.2, 0.25) is 0 Å². The lowest BCUT2D eigenvalue weighted by Crippen LogP contribution is -2.44. The molecule has 0 bridgehead atoms. The fraction of sp³-hybridized carbons (Fsp3) is 1.00. The molecular weight excluding hydrogens is 276 g/mol. The fourth-order valence-electron chi connectivity index (χ4n) is 2.46. The zero-order chi connectivity index (χ0) is 15.7. The smallest absolute Gasteiger partial charge is 0.186 e. The van der Waals surface area contributed by atoms with Crippen molar-refractivity contribution in [3.8, 4) is 0 Å². The van der Waals surface area contributed by atoms with Crippen molar-refractivity contribution < 1.29 is 28.8 Å². The number of ether oxygens (including phenoxy) is 5. The first kappa shape index (κ1) is 18.8. The lowest BCUT2D eigenvalue weighted by Gasteiger charge is -2.27. The molecule has 1 saturated heterocycles. The SMILES string of the molecule is CCCO[C@H]1[C@@H]([C@@H](CO)OCCC)OC(OCC)[C@@H]1OC. The largest absolute Gasteiger partial charge is 0.394 e. The Morgan fingerprint density at radius 3 is 2.29 bits per heavy atom. The molecule has 6 heteroatoms. The Morgan fingerprint density at radius 1 is 1.05 bits per heavy atom. The summed E-state index contributed by atoms with van der Waals surface area (Å²) in [6.07, 6.45) is -0.165. The molecule has 1 N–H and O–H groups in total. The Balaban J connectivity index is 2.80. The summed E-state index contributed by atoms with van der Waals surface area (Å²) in [4.78, 5) is 0. The third-order valence-corrected chi connectivity index (χ3v) is 3.41. The summed E-state index contributed by atoms with van der Waals surface area (Å²) in [6, 6.07) is 0. The average Bonchev–Trinajstić information content (AvgIpc) is 2.84. The third kappa shape index (κ3) is 5.16. The summed E-state index contributed by atoms with van der Waals surface area (Å²) >= 11 is 0. The molecule has 1 heterocycles. The van der Waals surface area contributed by atoms with Gasteiger partial charge in [0.25, 0.3) is 0 Å². The van der Waals surface area contributed by atoms with Crippen LogP contribution in [0.3, 0.4) is 0 Å². The van der Waals surface area contributed by atoms with Crippen LogP contribution in [-0.4, -0.2) is 69.3 Å². The Kier molecular flexibility index (Phi) is 9.39. The number of hydrogen-bond acceptors (Lipinski definition) is 6. The molecule has 0 spiro atoms. The molecule has 126 valence electrons. The minimum absolute atomic E-state index is 0.119. The molecule has 1 fully saturated rings. The van der Waals surface area contributed by atoms with Crippen molar-refractivity contribution in [2.75, 3.05) is 33.5 Å². The van der Waals surface area contributed by atoms with Crippen LogP contribution in [0.2, 0.25) is 0 Å². The Hall–Kier alpha value is -0.240. The lowest BCUT2D eigenvalue weighted by atomic mass is 10.1. The van der Waals surface area contributed by atoms with Crippen LogP contribution >= 0.6 is 0 Å². The third-order valence-electron chi connectivity index (χ3n) is 3.41. The predicted molar refractivity (Wildman–Crippen MR) is 78.2 cm³/mol. The van der Waals surface area contributed by atoms with E-state index in [1.165, 1.54) is 0 Å². The number of aliphatic hydroxyl groups is 1. The van der Waals surface area contributed by atoms with E-state index in [9.17, 15) is 5.11 Å². The van der Waals surface area contributed by atoms with Crippen LogP contribution in [0.25, 0.3) is 0 Å². The molecule has 6 nitrogen and oxygen atoms in total. The molecule has 0 saturated carbocycles. The molecule has 0 aromatic rings. The number of hydrogen-bond donors (Lipinski definition) is 1. The normalized spacial score (nSPS) is 30.7. The van der Waals surface area contributed by atoms with E-state index in [0.717, 1.165) is 12.8 Å². The number of rotatable bonds is 11. The molecule has 21 heavy (non-hydrogen) atoms. The van der Waals surface area contributed by atoms with Gasteiger partial charge in [0.15, 0.2) is 6.29 Å². The van der Waals surface area contributed by atoms with E-state index in [1.807, 2.05) is 20.8 Å². The van der Waals surface area contributed by atoms with Gasteiger partial charge in [-0.05, 0) is 19.8 Å². The fourth-order valence-corrected chi connectivity index (χ4v) is 2.46. The zero-order valence-corrected chi connectivity index (χ0v) is 13.6. The number of methoxy groups -OCH3 is 1. The Morgan fingerprint density at radius 2 is 1.76 bits per heavy atom. The van der Waals surface area contributed by atoms with Crippen molar-refractivity contribution in [1.82, 2.24) is 0 Å². The quantitative estimate of drug-likeness (QED) is 0.621. The first-order valence-corrected chi connectivity index (χ1v) is 7.87. The van der Waals surface area contributed by atoms with Gasteiger partial charge in [0, 0.05) is 26.9 Å². The lowest BCUT2D eigenvalue weighted by molar-refractivity contribution is -0.188. The minimum Gasteiger partial charge on any atom is -0.394 e. The minimum atomic E-state index is -0.494. The summed E-state index contributed by atoms with van der Waals surface area (Å²) in [5.41, 5.74) is 0. The van der Waals surface area contributed by atoms with Gasteiger partial charge in [-0.25, -0.2) is 0 Å². The molecule has 5 atom stereocenters. The standard InChI is InChI=1S/C15H30O6/c1-5-8-19-11(10-16)12-13(20-9-6-2)14(17-4)15(21-12)18-7-3/h11-16H,5-10H2,1-4H3/t11-,12-,13+,14-,15?/m1/s1. The van der Waals surface area contributed by atoms with E-state index in [1.54, 1.807) is 7.11 Å². The Bertz CT molecular complexity index is 263. The number of aliphatic hydroxyl groups excluding tert-OH is 1. The second-order valence-corrected chi connectivity index (χ2v) is 5.05. The first-order chi connectivity index (χ1) is 10.2. The van der Waals surface area contributed by atoms with Crippen molar-refractivity contribution in [3.63, 3.8) is 0 Å². The molecule has 1 unspecified atom stereocenters. The molecule has 0 aromatic heterocycles. The van der Waals surface area contributed by atoms with Crippen molar-refractivity contribution in [1.29, 1.82) is 0 Å². The molecule has 0 radical (unpaired) electrons. The van der Waals surface area contributed by atoms with Crippen LogP contribution in [0.1, 0.15) is 33.6 Å². The van der Waals surface area contributed by atoms with Crippen LogP contribution in [0.4, 0.5) is 0 Å². The van der Waals surface area contributed by atoms with E-state index >= 15 is 0 Å². The van der Waals surface area contributed by atoms with Gasteiger partial charge >= 0.3 is 0 Å². The summed E-state index contributed by atoms with van der Waals surface area (Å²) in [7, 11) is 1.62. The van der Waals surface area contributed by atoms with E-state index in [-0.39, 0.29) is 18.8 Å². The highest BCUT2D eigenvalue weighted by molar-refractivity contribution is 4.93. The second-order valence-electron chi connectivity index (χ2n) is 5.05. The van der Waals surface area contributed by atoms with Crippen molar-refractivity contribution in [3.05, 3.63) is 0 Å². The molecule has 0 aromatic carbocycles. The molecule has 0 amide bonds. The van der Waals surface area contributed by atoms with Crippen LogP contribution in [0, 0.1) is 0 Å². The molecule has 1 rings (SSSR count). The van der Waals surface area contributed by atoms with Crippen LogP contribution in [0.15, 0.2) is 0 Å². The van der Waals surface area contributed by atoms with Crippen LogP contribution < -0.4 is 0 Å². The van der Waals surface area contributed by atoms with Crippen LogP contribution in [-0.2, 0) is 23.7 Å². The summed E-state index contributed by atoms with van der Waals surface area (Å²) in [5, 5.41) is 9.59. The van der Waals surface area contributed by atoms with Crippen molar-refractivity contribution in [2.24, 2.45) is 0 Å². The highest BCUT2D eigenvalue weighted by Crippen LogP contribution is 2.30. The van der Waals surface area contributed by atoms with Gasteiger partial charge in [-0.3, -0.25) is 0 Å². The average molecular weight is 306 g/mol.